The van der Waals surface area contributed by atoms with Gasteiger partial charge in [0, 0.05) is 23.8 Å². The maximum atomic E-state index is 13.7. The van der Waals surface area contributed by atoms with Gasteiger partial charge in [-0.05, 0) is 52.6 Å². The van der Waals surface area contributed by atoms with Crippen molar-refractivity contribution in [3.05, 3.63) is 70.9 Å². The van der Waals surface area contributed by atoms with E-state index < -0.39 is 0 Å². The van der Waals surface area contributed by atoms with E-state index in [0.717, 1.165) is 10.9 Å². The predicted octanol–water partition coefficient (Wildman–Crippen LogP) is 3.55. The van der Waals surface area contributed by atoms with Gasteiger partial charge in [-0.25, -0.2) is 4.39 Å². The molecule has 1 atom stereocenters. The van der Waals surface area contributed by atoms with Gasteiger partial charge in [0.15, 0.2) is 0 Å². The van der Waals surface area contributed by atoms with Crippen molar-refractivity contribution < 1.29 is 14.3 Å². The summed E-state index contributed by atoms with van der Waals surface area (Å²) in [7, 11) is 0. The second kappa shape index (κ2) is 8.23. The van der Waals surface area contributed by atoms with Gasteiger partial charge in [-0.1, -0.05) is 24.3 Å². The zero-order valence-corrected chi connectivity index (χ0v) is 14.6. The highest BCUT2D eigenvalue weighted by atomic mass is 32.1. The third kappa shape index (κ3) is 4.65. The monoisotopic (exact) mass is 357 g/mol. The van der Waals surface area contributed by atoms with Crippen LogP contribution in [0.3, 0.4) is 0 Å². The van der Waals surface area contributed by atoms with E-state index in [0.29, 0.717) is 24.9 Å². The molecule has 1 aromatic heterocycles. The summed E-state index contributed by atoms with van der Waals surface area (Å²) in [6.07, 6.45) is 0.688. The lowest BCUT2D eigenvalue weighted by Gasteiger charge is -2.15. The molecule has 0 spiro atoms. The molecule has 130 valence electrons. The standard InChI is InChI=1S/C20H20FNO2S/c21-18-4-2-1-3-16(18)10-15(13-23)12-22-20(24)11-14-5-6-19-17(9-14)7-8-25-19/h1-9,15,23H,10-13H2,(H,22,24). The van der Waals surface area contributed by atoms with Crippen molar-refractivity contribution in [2.75, 3.05) is 13.2 Å². The lowest BCUT2D eigenvalue weighted by molar-refractivity contribution is -0.120. The number of aliphatic hydroxyl groups excluding tert-OH is 1. The number of thiophene rings is 1. The number of fused-ring (bicyclic) bond motifs is 1. The molecule has 2 N–H and O–H groups in total. The van der Waals surface area contributed by atoms with Crippen LogP contribution in [0.1, 0.15) is 11.1 Å². The number of carbonyl (C=O) groups is 1. The third-order valence-electron chi connectivity index (χ3n) is 4.19. The summed E-state index contributed by atoms with van der Waals surface area (Å²) in [6.45, 7) is 0.222. The minimum Gasteiger partial charge on any atom is -0.396 e. The first kappa shape index (κ1) is 17.6. The van der Waals surface area contributed by atoms with Crippen LogP contribution < -0.4 is 5.32 Å². The van der Waals surface area contributed by atoms with Crippen LogP contribution in [-0.2, 0) is 17.6 Å². The molecular weight excluding hydrogens is 337 g/mol. The number of nitrogens with one attached hydrogen (secondary N) is 1. The van der Waals surface area contributed by atoms with Gasteiger partial charge in [-0.3, -0.25) is 4.79 Å². The van der Waals surface area contributed by atoms with Crippen LogP contribution in [0, 0.1) is 11.7 Å². The first-order valence-electron chi connectivity index (χ1n) is 8.23. The van der Waals surface area contributed by atoms with Gasteiger partial charge in [0.05, 0.1) is 6.42 Å². The Morgan fingerprint density at radius 1 is 1.20 bits per heavy atom. The molecule has 0 fully saturated rings. The van der Waals surface area contributed by atoms with E-state index >= 15 is 0 Å². The number of rotatable bonds is 7. The summed E-state index contributed by atoms with van der Waals surface area (Å²) in [5.74, 6) is -0.585. The summed E-state index contributed by atoms with van der Waals surface area (Å²) in [6, 6.07) is 14.6. The number of amides is 1. The van der Waals surface area contributed by atoms with Gasteiger partial charge in [0.2, 0.25) is 5.91 Å². The zero-order chi connectivity index (χ0) is 17.6. The summed E-state index contributed by atoms with van der Waals surface area (Å²) in [4.78, 5) is 12.2. The lowest BCUT2D eigenvalue weighted by atomic mass is 9.99. The summed E-state index contributed by atoms with van der Waals surface area (Å²) in [5, 5.41) is 15.5. The molecule has 0 aliphatic heterocycles. The molecule has 3 nitrogen and oxygen atoms in total. The summed E-state index contributed by atoms with van der Waals surface area (Å²) in [5.41, 5.74) is 1.51. The third-order valence-corrected chi connectivity index (χ3v) is 5.09. The van der Waals surface area contributed by atoms with Crippen molar-refractivity contribution in [3.63, 3.8) is 0 Å². The SMILES string of the molecule is O=C(Cc1ccc2sccc2c1)NCC(CO)Cc1ccccc1F. The van der Waals surface area contributed by atoms with Crippen LogP contribution >= 0.6 is 11.3 Å². The smallest absolute Gasteiger partial charge is 0.224 e. The van der Waals surface area contributed by atoms with Crippen LogP contribution in [-0.4, -0.2) is 24.2 Å². The molecule has 3 rings (SSSR count). The van der Waals surface area contributed by atoms with E-state index in [1.807, 2.05) is 29.6 Å². The van der Waals surface area contributed by atoms with Gasteiger partial charge in [-0.2, -0.15) is 0 Å². The number of hydrogen-bond donors (Lipinski definition) is 2. The van der Waals surface area contributed by atoms with E-state index in [9.17, 15) is 14.3 Å². The van der Waals surface area contributed by atoms with E-state index in [1.165, 1.54) is 10.8 Å². The lowest BCUT2D eigenvalue weighted by Crippen LogP contribution is -2.33. The van der Waals surface area contributed by atoms with E-state index in [1.54, 1.807) is 29.5 Å². The molecule has 0 saturated heterocycles. The Bertz CT molecular complexity index is 862. The number of benzene rings is 2. The van der Waals surface area contributed by atoms with Gasteiger partial charge >= 0.3 is 0 Å². The largest absolute Gasteiger partial charge is 0.396 e. The molecule has 0 saturated carbocycles. The van der Waals surface area contributed by atoms with Gasteiger partial charge in [0.25, 0.3) is 0 Å². The van der Waals surface area contributed by atoms with Crippen molar-refractivity contribution in [1.82, 2.24) is 5.32 Å². The fraction of sp³-hybridized carbons (Fsp3) is 0.250. The summed E-state index contributed by atoms with van der Waals surface area (Å²) >= 11 is 1.68. The van der Waals surface area contributed by atoms with Gasteiger partial charge in [-0.15, -0.1) is 11.3 Å². The highest BCUT2D eigenvalue weighted by Crippen LogP contribution is 2.22. The van der Waals surface area contributed by atoms with Crippen LogP contribution in [0.2, 0.25) is 0 Å². The van der Waals surface area contributed by atoms with Crippen molar-refractivity contribution in [3.8, 4) is 0 Å². The highest BCUT2D eigenvalue weighted by molar-refractivity contribution is 7.17. The predicted molar refractivity (Wildman–Crippen MR) is 99.2 cm³/mol. The normalized spacial score (nSPS) is 12.2. The van der Waals surface area contributed by atoms with Crippen LogP contribution in [0.25, 0.3) is 10.1 Å². The van der Waals surface area contributed by atoms with Gasteiger partial charge in [0.1, 0.15) is 5.82 Å². The van der Waals surface area contributed by atoms with Crippen molar-refractivity contribution in [2.24, 2.45) is 5.92 Å². The van der Waals surface area contributed by atoms with E-state index in [-0.39, 0.29) is 24.2 Å². The first-order chi connectivity index (χ1) is 12.2. The summed E-state index contributed by atoms with van der Waals surface area (Å²) < 4.78 is 14.9. The van der Waals surface area contributed by atoms with Crippen molar-refractivity contribution in [1.29, 1.82) is 0 Å². The minimum atomic E-state index is -0.281. The Balaban J connectivity index is 1.54. The maximum Gasteiger partial charge on any atom is 0.224 e. The molecule has 1 heterocycles. The van der Waals surface area contributed by atoms with Crippen molar-refractivity contribution in [2.45, 2.75) is 12.8 Å². The van der Waals surface area contributed by atoms with Crippen LogP contribution in [0.5, 0.6) is 0 Å². The molecular formula is C20H20FNO2S. The average Bonchev–Trinajstić information content (AvgIpc) is 3.08. The molecule has 0 bridgehead atoms. The molecule has 0 aliphatic rings. The minimum absolute atomic E-state index is 0.0958. The number of aliphatic hydroxyl groups is 1. The van der Waals surface area contributed by atoms with Crippen molar-refractivity contribution >= 4 is 27.3 Å². The molecule has 0 radical (unpaired) electrons. The Labute approximate surface area is 150 Å². The van der Waals surface area contributed by atoms with E-state index in [4.69, 9.17) is 0 Å². The molecule has 1 unspecified atom stereocenters. The highest BCUT2D eigenvalue weighted by Gasteiger charge is 2.13. The molecule has 0 aliphatic carbocycles. The van der Waals surface area contributed by atoms with Crippen LogP contribution in [0.4, 0.5) is 4.39 Å². The van der Waals surface area contributed by atoms with E-state index in [2.05, 4.69) is 5.32 Å². The topological polar surface area (TPSA) is 49.3 Å². The van der Waals surface area contributed by atoms with Crippen LogP contribution in [0.15, 0.2) is 53.9 Å². The molecule has 5 heteroatoms. The fourth-order valence-corrected chi connectivity index (χ4v) is 3.58. The Hall–Kier alpha value is -2.24. The Kier molecular flexibility index (Phi) is 5.79. The fourth-order valence-electron chi connectivity index (χ4n) is 2.81. The van der Waals surface area contributed by atoms with Gasteiger partial charge < -0.3 is 10.4 Å². The molecule has 25 heavy (non-hydrogen) atoms. The first-order valence-corrected chi connectivity index (χ1v) is 9.11. The average molecular weight is 357 g/mol. The maximum absolute atomic E-state index is 13.7. The second-order valence-corrected chi connectivity index (χ2v) is 7.07. The quantitative estimate of drug-likeness (QED) is 0.679. The Morgan fingerprint density at radius 2 is 2.04 bits per heavy atom. The number of halogens is 1. The molecule has 3 aromatic rings. The molecule has 1 amide bonds. The number of carbonyl (C=O) groups excluding carboxylic acids is 1. The Morgan fingerprint density at radius 3 is 2.84 bits per heavy atom. The second-order valence-electron chi connectivity index (χ2n) is 6.12. The molecule has 2 aromatic carbocycles. The zero-order valence-electron chi connectivity index (χ0n) is 13.7. The number of hydrogen-bond acceptors (Lipinski definition) is 3.